The van der Waals surface area contributed by atoms with Crippen LogP contribution < -0.4 is 5.32 Å². The summed E-state index contributed by atoms with van der Waals surface area (Å²) in [7, 11) is 0. The van der Waals surface area contributed by atoms with Crippen LogP contribution in [0.5, 0.6) is 0 Å². The van der Waals surface area contributed by atoms with Gasteiger partial charge in [-0.25, -0.2) is 0 Å². The van der Waals surface area contributed by atoms with Gasteiger partial charge in [-0.1, -0.05) is 54.1 Å². The summed E-state index contributed by atoms with van der Waals surface area (Å²) in [6, 6.07) is 10.3. The molecule has 0 unspecified atom stereocenters. The largest absolute Gasteiger partial charge is 0.310 e. The molecule has 0 aliphatic carbocycles. The first-order valence-corrected chi connectivity index (χ1v) is 5.34. The molecule has 15 heavy (non-hydrogen) atoms. The molecule has 0 bridgehead atoms. The first-order chi connectivity index (χ1) is 7.29. The SMILES string of the molecule is CC(C)=CCNC/C=C/c1ccccc1. The van der Waals surface area contributed by atoms with Gasteiger partial charge in [0.1, 0.15) is 0 Å². The monoisotopic (exact) mass is 201 g/mol. The maximum absolute atomic E-state index is 3.32. The highest BCUT2D eigenvalue weighted by Gasteiger charge is 1.82. The van der Waals surface area contributed by atoms with Crippen LogP contribution in [-0.2, 0) is 0 Å². The van der Waals surface area contributed by atoms with Gasteiger partial charge < -0.3 is 5.32 Å². The normalized spacial score (nSPS) is 10.5. The molecule has 0 saturated heterocycles. The van der Waals surface area contributed by atoms with Gasteiger partial charge in [0.15, 0.2) is 0 Å². The zero-order valence-electron chi connectivity index (χ0n) is 9.53. The first kappa shape index (κ1) is 11.7. The van der Waals surface area contributed by atoms with Crippen molar-refractivity contribution in [2.24, 2.45) is 0 Å². The van der Waals surface area contributed by atoms with Crippen LogP contribution in [0.1, 0.15) is 19.4 Å². The molecule has 1 heteroatoms. The number of benzene rings is 1. The summed E-state index contributed by atoms with van der Waals surface area (Å²) in [5.74, 6) is 0. The Morgan fingerprint density at radius 2 is 1.87 bits per heavy atom. The fraction of sp³-hybridized carbons (Fsp3) is 0.286. The summed E-state index contributed by atoms with van der Waals surface area (Å²) in [4.78, 5) is 0. The summed E-state index contributed by atoms with van der Waals surface area (Å²) < 4.78 is 0. The maximum atomic E-state index is 3.32. The summed E-state index contributed by atoms with van der Waals surface area (Å²) in [5.41, 5.74) is 2.61. The molecule has 0 heterocycles. The van der Waals surface area contributed by atoms with Gasteiger partial charge in [-0.2, -0.15) is 0 Å². The number of rotatable bonds is 5. The molecule has 1 N–H and O–H groups in total. The van der Waals surface area contributed by atoms with Crippen molar-refractivity contribution >= 4 is 6.08 Å². The lowest BCUT2D eigenvalue weighted by Crippen LogP contribution is -2.13. The van der Waals surface area contributed by atoms with Crippen molar-refractivity contribution in [2.45, 2.75) is 13.8 Å². The molecule has 0 spiro atoms. The van der Waals surface area contributed by atoms with Crippen molar-refractivity contribution in [1.82, 2.24) is 5.32 Å². The third-order valence-corrected chi connectivity index (χ3v) is 2.03. The minimum Gasteiger partial charge on any atom is -0.310 e. The Bertz CT molecular complexity index is 318. The van der Waals surface area contributed by atoms with Crippen LogP contribution in [-0.4, -0.2) is 13.1 Å². The van der Waals surface area contributed by atoms with Gasteiger partial charge in [-0.3, -0.25) is 0 Å². The van der Waals surface area contributed by atoms with E-state index in [-0.39, 0.29) is 0 Å². The number of nitrogens with one attached hydrogen (secondary N) is 1. The van der Waals surface area contributed by atoms with Gasteiger partial charge in [-0.05, 0) is 19.4 Å². The number of allylic oxidation sites excluding steroid dienone is 1. The Kier molecular flexibility index (Phi) is 5.49. The van der Waals surface area contributed by atoms with Gasteiger partial charge in [-0.15, -0.1) is 0 Å². The molecule has 80 valence electrons. The van der Waals surface area contributed by atoms with E-state index in [1.54, 1.807) is 0 Å². The maximum Gasteiger partial charge on any atom is 0.0141 e. The van der Waals surface area contributed by atoms with Crippen LogP contribution in [0.3, 0.4) is 0 Å². The van der Waals surface area contributed by atoms with Gasteiger partial charge in [0, 0.05) is 13.1 Å². The molecule has 0 aromatic heterocycles. The van der Waals surface area contributed by atoms with E-state index in [0.29, 0.717) is 0 Å². The molecule has 1 nitrogen and oxygen atoms in total. The summed E-state index contributed by atoms with van der Waals surface area (Å²) in [6.45, 7) is 6.09. The molecule has 0 amide bonds. The molecule has 1 aromatic rings. The highest BCUT2D eigenvalue weighted by Crippen LogP contribution is 1.99. The first-order valence-electron chi connectivity index (χ1n) is 5.34. The fourth-order valence-electron chi connectivity index (χ4n) is 1.20. The van der Waals surface area contributed by atoms with E-state index >= 15 is 0 Å². The predicted octanol–water partition coefficient (Wildman–Crippen LogP) is 3.26. The van der Waals surface area contributed by atoms with Crippen LogP contribution in [0.15, 0.2) is 48.1 Å². The smallest absolute Gasteiger partial charge is 0.0141 e. The Morgan fingerprint density at radius 3 is 2.53 bits per heavy atom. The van der Waals surface area contributed by atoms with Crippen molar-refractivity contribution in [3.05, 3.63) is 53.6 Å². The van der Waals surface area contributed by atoms with Crippen molar-refractivity contribution in [3.8, 4) is 0 Å². The minimum absolute atomic E-state index is 0.915. The van der Waals surface area contributed by atoms with Crippen molar-refractivity contribution in [1.29, 1.82) is 0 Å². The van der Waals surface area contributed by atoms with E-state index in [9.17, 15) is 0 Å². The van der Waals surface area contributed by atoms with Gasteiger partial charge >= 0.3 is 0 Å². The molecular formula is C14H19N. The van der Waals surface area contributed by atoms with E-state index in [4.69, 9.17) is 0 Å². The van der Waals surface area contributed by atoms with Gasteiger partial charge in [0.05, 0.1) is 0 Å². The molecule has 0 saturated carbocycles. The number of hydrogen-bond donors (Lipinski definition) is 1. The van der Waals surface area contributed by atoms with E-state index in [0.717, 1.165) is 13.1 Å². The Balaban J connectivity index is 2.21. The average molecular weight is 201 g/mol. The van der Waals surface area contributed by atoms with Gasteiger partial charge in [0.25, 0.3) is 0 Å². The standard InChI is InChI=1S/C14H19N/c1-13(2)10-12-15-11-6-9-14-7-4-3-5-8-14/h3-10,15H,11-12H2,1-2H3/b9-6+. The molecule has 1 rings (SSSR count). The average Bonchev–Trinajstić information content (AvgIpc) is 2.24. The quantitative estimate of drug-likeness (QED) is 0.569. The lowest BCUT2D eigenvalue weighted by Gasteiger charge is -1.96. The zero-order valence-corrected chi connectivity index (χ0v) is 9.53. The van der Waals surface area contributed by atoms with Crippen molar-refractivity contribution in [2.75, 3.05) is 13.1 Å². The molecular weight excluding hydrogens is 182 g/mol. The highest BCUT2D eigenvalue weighted by molar-refractivity contribution is 5.48. The third kappa shape index (κ3) is 5.87. The predicted molar refractivity (Wildman–Crippen MR) is 67.8 cm³/mol. The van der Waals surface area contributed by atoms with Crippen LogP contribution in [0.4, 0.5) is 0 Å². The second kappa shape index (κ2) is 7.02. The number of hydrogen-bond acceptors (Lipinski definition) is 1. The molecule has 0 radical (unpaired) electrons. The topological polar surface area (TPSA) is 12.0 Å². The van der Waals surface area contributed by atoms with Crippen LogP contribution >= 0.6 is 0 Å². The van der Waals surface area contributed by atoms with Gasteiger partial charge in [0.2, 0.25) is 0 Å². The van der Waals surface area contributed by atoms with Crippen molar-refractivity contribution < 1.29 is 0 Å². The van der Waals surface area contributed by atoms with Crippen LogP contribution in [0.25, 0.3) is 6.08 Å². The molecule has 0 fully saturated rings. The molecule has 0 aliphatic rings. The van der Waals surface area contributed by atoms with E-state index < -0.39 is 0 Å². The summed E-state index contributed by atoms with van der Waals surface area (Å²) in [6.07, 6.45) is 6.47. The molecule has 0 aliphatic heterocycles. The Morgan fingerprint density at radius 1 is 1.13 bits per heavy atom. The Hall–Kier alpha value is -1.34. The molecule has 0 atom stereocenters. The fourth-order valence-corrected chi connectivity index (χ4v) is 1.20. The second-order valence-electron chi connectivity index (χ2n) is 3.75. The highest BCUT2D eigenvalue weighted by atomic mass is 14.8. The summed E-state index contributed by atoms with van der Waals surface area (Å²) in [5, 5.41) is 3.32. The second-order valence-corrected chi connectivity index (χ2v) is 3.75. The van der Waals surface area contributed by atoms with Crippen LogP contribution in [0.2, 0.25) is 0 Å². The molecule has 1 aromatic carbocycles. The van der Waals surface area contributed by atoms with E-state index in [2.05, 4.69) is 61.7 Å². The lowest BCUT2D eigenvalue weighted by atomic mass is 10.2. The van der Waals surface area contributed by atoms with E-state index in [1.807, 2.05) is 6.07 Å². The zero-order chi connectivity index (χ0) is 10.9. The summed E-state index contributed by atoms with van der Waals surface area (Å²) >= 11 is 0. The van der Waals surface area contributed by atoms with Crippen LogP contribution in [0, 0.1) is 0 Å². The minimum atomic E-state index is 0.915. The third-order valence-electron chi connectivity index (χ3n) is 2.03. The Labute approximate surface area is 92.5 Å². The van der Waals surface area contributed by atoms with E-state index in [1.165, 1.54) is 11.1 Å². The van der Waals surface area contributed by atoms with Crippen molar-refractivity contribution in [3.63, 3.8) is 0 Å². The lowest BCUT2D eigenvalue weighted by molar-refractivity contribution is 0.840.